The molecule has 0 aliphatic carbocycles. The Balaban J connectivity index is 2.61. The number of hydrogen-bond donors (Lipinski definition) is 0. The summed E-state index contributed by atoms with van der Waals surface area (Å²) in [6.45, 7) is 5.71. The molecule has 13 heavy (non-hydrogen) atoms. The molecule has 0 N–H and O–H groups in total. The van der Waals surface area contributed by atoms with Gasteiger partial charge in [-0.2, -0.15) is 0 Å². The lowest BCUT2D eigenvalue weighted by atomic mass is 10.1. The van der Waals surface area contributed by atoms with Gasteiger partial charge in [0.15, 0.2) is 0 Å². The largest absolute Gasteiger partial charge is 0.457 e. The summed E-state index contributed by atoms with van der Waals surface area (Å²) in [6.07, 6.45) is 2.23. The molecular formula is C10H14O3. The zero-order valence-electron chi connectivity index (χ0n) is 8.16. The van der Waals surface area contributed by atoms with Gasteiger partial charge in [-0.15, -0.1) is 0 Å². The van der Waals surface area contributed by atoms with Crippen LogP contribution in [-0.2, 0) is 4.74 Å². The van der Waals surface area contributed by atoms with E-state index in [9.17, 15) is 4.79 Å². The Morgan fingerprint density at radius 3 is 2.77 bits per heavy atom. The van der Waals surface area contributed by atoms with Crippen molar-refractivity contribution < 1.29 is 13.9 Å². The van der Waals surface area contributed by atoms with E-state index in [0.29, 0.717) is 0 Å². The fourth-order valence-electron chi connectivity index (χ4n) is 0.768. The first kappa shape index (κ1) is 9.84. The minimum absolute atomic E-state index is 0.251. The molecule has 1 aromatic rings. The second kappa shape index (κ2) is 3.64. The van der Waals surface area contributed by atoms with E-state index in [1.165, 1.54) is 6.26 Å². The minimum atomic E-state index is -0.427. The summed E-state index contributed by atoms with van der Waals surface area (Å²) in [5, 5.41) is 0. The van der Waals surface area contributed by atoms with Crippen molar-refractivity contribution in [1.82, 2.24) is 0 Å². The summed E-state index contributed by atoms with van der Waals surface area (Å²) < 4.78 is 10.1. The van der Waals surface area contributed by atoms with E-state index in [-0.39, 0.29) is 5.76 Å². The topological polar surface area (TPSA) is 39.4 Å². The number of furan rings is 1. The van der Waals surface area contributed by atoms with Crippen molar-refractivity contribution in [3.63, 3.8) is 0 Å². The first-order valence-electron chi connectivity index (χ1n) is 4.32. The predicted octanol–water partition coefficient (Wildman–Crippen LogP) is 2.63. The van der Waals surface area contributed by atoms with Gasteiger partial charge >= 0.3 is 5.97 Å². The lowest BCUT2D eigenvalue weighted by Gasteiger charge is -2.22. The van der Waals surface area contributed by atoms with E-state index in [0.717, 1.165) is 6.42 Å². The number of ether oxygens (including phenoxy) is 1. The molecule has 0 saturated heterocycles. The van der Waals surface area contributed by atoms with Crippen LogP contribution < -0.4 is 0 Å². The second-order valence-electron chi connectivity index (χ2n) is 3.48. The Hall–Kier alpha value is -1.25. The average Bonchev–Trinajstić information content (AvgIpc) is 2.55. The van der Waals surface area contributed by atoms with E-state index in [1.807, 2.05) is 20.8 Å². The highest BCUT2D eigenvalue weighted by atomic mass is 16.6. The molecule has 0 bridgehead atoms. The van der Waals surface area contributed by atoms with Crippen molar-refractivity contribution in [2.75, 3.05) is 0 Å². The van der Waals surface area contributed by atoms with Gasteiger partial charge in [0.1, 0.15) is 5.60 Å². The molecule has 0 aliphatic rings. The van der Waals surface area contributed by atoms with Crippen LogP contribution in [0, 0.1) is 0 Å². The maximum absolute atomic E-state index is 11.4. The molecule has 0 aliphatic heterocycles. The minimum Gasteiger partial charge on any atom is -0.457 e. The fourth-order valence-corrected chi connectivity index (χ4v) is 0.768. The average molecular weight is 182 g/mol. The molecule has 0 fully saturated rings. The predicted molar refractivity (Wildman–Crippen MR) is 48.5 cm³/mol. The third kappa shape index (κ3) is 2.61. The van der Waals surface area contributed by atoms with Crippen LogP contribution in [0.4, 0.5) is 0 Å². The zero-order chi connectivity index (χ0) is 9.90. The second-order valence-corrected chi connectivity index (χ2v) is 3.48. The monoisotopic (exact) mass is 182 g/mol. The van der Waals surface area contributed by atoms with E-state index >= 15 is 0 Å². The van der Waals surface area contributed by atoms with Crippen LogP contribution >= 0.6 is 0 Å². The molecule has 72 valence electrons. The smallest absolute Gasteiger partial charge is 0.374 e. The zero-order valence-corrected chi connectivity index (χ0v) is 8.16. The van der Waals surface area contributed by atoms with Crippen molar-refractivity contribution in [3.8, 4) is 0 Å². The summed E-state index contributed by atoms with van der Waals surface area (Å²) in [7, 11) is 0. The Bertz CT molecular complexity index is 272. The molecule has 1 heterocycles. The number of carbonyl (C=O) groups is 1. The van der Waals surface area contributed by atoms with E-state index in [4.69, 9.17) is 9.15 Å². The Morgan fingerprint density at radius 2 is 2.31 bits per heavy atom. The highest BCUT2D eigenvalue weighted by Crippen LogP contribution is 2.16. The molecular weight excluding hydrogens is 168 g/mol. The summed E-state index contributed by atoms with van der Waals surface area (Å²) in [4.78, 5) is 11.4. The Labute approximate surface area is 77.7 Å². The van der Waals surface area contributed by atoms with Gasteiger partial charge in [0.25, 0.3) is 0 Å². The molecule has 0 radical (unpaired) electrons. The number of hydrogen-bond acceptors (Lipinski definition) is 3. The third-order valence-corrected chi connectivity index (χ3v) is 1.94. The summed E-state index contributed by atoms with van der Waals surface area (Å²) in [5.41, 5.74) is -0.427. The highest BCUT2D eigenvalue weighted by Gasteiger charge is 2.22. The highest BCUT2D eigenvalue weighted by molar-refractivity contribution is 5.86. The summed E-state index contributed by atoms with van der Waals surface area (Å²) >= 11 is 0. The number of carbonyl (C=O) groups excluding carboxylic acids is 1. The lowest BCUT2D eigenvalue weighted by molar-refractivity contribution is -0.00561. The van der Waals surface area contributed by atoms with Crippen LogP contribution in [0.5, 0.6) is 0 Å². The molecule has 3 nitrogen and oxygen atoms in total. The summed E-state index contributed by atoms with van der Waals surface area (Å²) in [5.74, 6) is -0.154. The molecule has 0 aromatic carbocycles. The van der Waals surface area contributed by atoms with E-state index in [2.05, 4.69) is 0 Å². The maximum atomic E-state index is 11.4. The van der Waals surface area contributed by atoms with Gasteiger partial charge in [-0.1, -0.05) is 6.92 Å². The Morgan fingerprint density at radius 1 is 1.62 bits per heavy atom. The van der Waals surface area contributed by atoms with Crippen LogP contribution in [-0.4, -0.2) is 11.6 Å². The molecule has 3 heteroatoms. The lowest BCUT2D eigenvalue weighted by Crippen LogP contribution is -2.26. The fraction of sp³-hybridized carbons (Fsp3) is 0.500. The first-order chi connectivity index (χ1) is 6.05. The quantitative estimate of drug-likeness (QED) is 0.674. The molecule has 0 amide bonds. The Kier molecular flexibility index (Phi) is 2.76. The van der Waals surface area contributed by atoms with Crippen molar-refractivity contribution >= 4 is 5.97 Å². The van der Waals surface area contributed by atoms with Crippen LogP contribution in [0.25, 0.3) is 0 Å². The van der Waals surface area contributed by atoms with Crippen LogP contribution in [0.15, 0.2) is 22.8 Å². The molecule has 0 unspecified atom stereocenters. The molecule has 1 rings (SSSR count). The maximum Gasteiger partial charge on any atom is 0.374 e. The molecule has 0 atom stereocenters. The molecule has 0 spiro atoms. The normalized spacial score (nSPS) is 11.3. The first-order valence-corrected chi connectivity index (χ1v) is 4.32. The van der Waals surface area contributed by atoms with Crippen molar-refractivity contribution in [1.29, 1.82) is 0 Å². The van der Waals surface area contributed by atoms with Crippen LogP contribution in [0.2, 0.25) is 0 Å². The standard InChI is InChI=1S/C10H14O3/c1-4-10(2,3)13-9(11)8-6-5-7-12-8/h5-7H,4H2,1-3H3. The van der Waals surface area contributed by atoms with Crippen LogP contribution in [0.1, 0.15) is 37.7 Å². The van der Waals surface area contributed by atoms with E-state index in [1.54, 1.807) is 12.1 Å². The van der Waals surface area contributed by atoms with Gasteiger partial charge in [-0.3, -0.25) is 0 Å². The van der Waals surface area contributed by atoms with Gasteiger partial charge in [-0.05, 0) is 32.4 Å². The number of rotatable bonds is 3. The summed E-state index contributed by atoms with van der Waals surface area (Å²) in [6, 6.07) is 3.25. The number of esters is 1. The van der Waals surface area contributed by atoms with Gasteiger partial charge in [0.2, 0.25) is 5.76 Å². The SMILES string of the molecule is CCC(C)(C)OC(=O)c1ccco1. The van der Waals surface area contributed by atoms with Gasteiger partial charge in [0, 0.05) is 0 Å². The third-order valence-electron chi connectivity index (χ3n) is 1.94. The molecule has 1 aromatic heterocycles. The van der Waals surface area contributed by atoms with Gasteiger partial charge < -0.3 is 9.15 Å². The van der Waals surface area contributed by atoms with Gasteiger partial charge in [0.05, 0.1) is 6.26 Å². The van der Waals surface area contributed by atoms with Crippen molar-refractivity contribution in [3.05, 3.63) is 24.2 Å². The van der Waals surface area contributed by atoms with E-state index < -0.39 is 11.6 Å². The van der Waals surface area contributed by atoms with Crippen LogP contribution in [0.3, 0.4) is 0 Å². The van der Waals surface area contributed by atoms with Gasteiger partial charge in [-0.25, -0.2) is 4.79 Å². The van der Waals surface area contributed by atoms with Crippen molar-refractivity contribution in [2.45, 2.75) is 32.8 Å². The molecule has 0 saturated carbocycles. The van der Waals surface area contributed by atoms with Crippen molar-refractivity contribution in [2.24, 2.45) is 0 Å².